The van der Waals surface area contributed by atoms with Gasteiger partial charge in [-0.1, -0.05) is 0 Å². The fraction of sp³-hybridized carbons (Fsp3) is 0.222. The fourth-order valence-corrected chi connectivity index (χ4v) is 4.65. The molecule has 0 aliphatic carbocycles. The Kier molecular flexibility index (Phi) is 3.67. The first-order valence-electron chi connectivity index (χ1n) is 4.72. The number of nitrogens with zero attached hydrogens (tertiary/aromatic N) is 1. The van der Waals surface area contributed by atoms with E-state index >= 15 is 0 Å². The van der Waals surface area contributed by atoms with Gasteiger partial charge in [0.2, 0.25) is 0 Å². The number of hydrogen-bond acceptors (Lipinski definition) is 4. The number of nitrogens with one attached hydrogen (secondary N) is 2. The second-order valence-corrected chi connectivity index (χ2v) is 7.13. The Morgan fingerprint density at radius 1 is 1.59 bits per heavy atom. The Morgan fingerprint density at radius 3 is 2.88 bits per heavy atom. The molecule has 2 rings (SSSR count). The van der Waals surface area contributed by atoms with Gasteiger partial charge in [0.25, 0.3) is 10.0 Å². The maximum absolute atomic E-state index is 12.0. The molecule has 0 atom stereocenters. The van der Waals surface area contributed by atoms with Crippen LogP contribution in [0.5, 0.6) is 0 Å². The van der Waals surface area contributed by atoms with Crippen molar-refractivity contribution in [2.45, 2.75) is 17.7 Å². The molecule has 2 N–H and O–H groups in total. The first kappa shape index (κ1) is 12.7. The molecule has 2 aromatic heterocycles. The van der Waals surface area contributed by atoms with Gasteiger partial charge in [-0.15, -0.1) is 11.3 Å². The van der Waals surface area contributed by atoms with E-state index in [1.165, 1.54) is 11.3 Å². The van der Waals surface area contributed by atoms with Crippen LogP contribution in [0.25, 0.3) is 0 Å². The van der Waals surface area contributed by atoms with Gasteiger partial charge < -0.3 is 0 Å². The van der Waals surface area contributed by atoms with Crippen LogP contribution in [0.4, 0.5) is 0 Å². The van der Waals surface area contributed by atoms with Crippen LogP contribution in [0.15, 0.2) is 26.3 Å². The molecule has 0 fully saturated rings. The van der Waals surface area contributed by atoms with E-state index < -0.39 is 10.0 Å². The molecule has 0 aromatic carbocycles. The summed E-state index contributed by atoms with van der Waals surface area (Å²) in [5, 5.41) is 8.32. The summed E-state index contributed by atoms with van der Waals surface area (Å²) in [6, 6.07) is 1.71. The van der Waals surface area contributed by atoms with Crippen molar-refractivity contribution in [3.8, 4) is 0 Å². The number of rotatable bonds is 4. The summed E-state index contributed by atoms with van der Waals surface area (Å²) in [7, 11) is -3.46. The third kappa shape index (κ3) is 2.76. The zero-order valence-electron chi connectivity index (χ0n) is 8.90. The summed E-state index contributed by atoms with van der Waals surface area (Å²) < 4.78 is 27.3. The van der Waals surface area contributed by atoms with Gasteiger partial charge in [0, 0.05) is 22.3 Å². The number of thiophene rings is 1. The number of sulfonamides is 1. The highest BCUT2D eigenvalue weighted by molar-refractivity contribution is 9.10. The van der Waals surface area contributed by atoms with Gasteiger partial charge in [-0.05, 0) is 34.3 Å². The van der Waals surface area contributed by atoms with E-state index in [9.17, 15) is 8.42 Å². The fourth-order valence-electron chi connectivity index (χ4n) is 1.26. The van der Waals surface area contributed by atoms with Crippen LogP contribution in [0.1, 0.15) is 11.3 Å². The topological polar surface area (TPSA) is 74.8 Å². The first-order valence-corrected chi connectivity index (χ1v) is 7.88. The predicted molar refractivity (Wildman–Crippen MR) is 69.4 cm³/mol. The van der Waals surface area contributed by atoms with Gasteiger partial charge in [0.05, 0.1) is 6.20 Å². The summed E-state index contributed by atoms with van der Waals surface area (Å²) in [5.41, 5.74) is 1.69. The van der Waals surface area contributed by atoms with Crippen molar-refractivity contribution in [3.63, 3.8) is 0 Å². The van der Waals surface area contributed by atoms with E-state index in [2.05, 4.69) is 30.8 Å². The molecular formula is C9H10BrN3O2S2. The van der Waals surface area contributed by atoms with Gasteiger partial charge in [-0.3, -0.25) is 5.10 Å². The third-order valence-corrected chi connectivity index (χ3v) is 6.29. The van der Waals surface area contributed by atoms with Crippen LogP contribution in [-0.4, -0.2) is 18.6 Å². The maximum Gasteiger partial charge on any atom is 0.251 e. The normalized spacial score (nSPS) is 11.9. The lowest BCUT2D eigenvalue weighted by atomic mass is 10.3. The van der Waals surface area contributed by atoms with E-state index in [-0.39, 0.29) is 6.54 Å². The number of aromatic amines is 1. The molecule has 0 radical (unpaired) electrons. The van der Waals surface area contributed by atoms with E-state index in [0.717, 1.165) is 11.3 Å². The van der Waals surface area contributed by atoms with Crippen molar-refractivity contribution in [1.82, 2.24) is 14.9 Å². The van der Waals surface area contributed by atoms with Crippen molar-refractivity contribution in [3.05, 3.63) is 33.4 Å². The first-order chi connectivity index (χ1) is 8.00. The molecule has 0 aliphatic rings. The summed E-state index contributed by atoms with van der Waals surface area (Å²) in [4.78, 5) is 0. The smallest absolute Gasteiger partial charge is 0.251 e. The Morgan fingerprint density at radius 2 is 2.35 bits per heavy atom. The minimum atomic E-state index is -3.46. The maximum atomic E-state index is 12.0. The molecule has 8 heteroatoms. The summed E-state index contributed by atoms with van der Waals surface area (Å²) in [5.74, 6) is 0. The molecule has 0 saturated carbocycles. The van der Waals surface area contributed by atoms with Gasteiger partial charge in [-0.2, -0.15) is 5.10 Å². The quantitative estimate of drug-likeness (QED) is 0.897. The molecule has 0 spiro atoms. The van der Waals surface area contributed by atoms with Crippen LogP contribution in [-0.2, 0) is 16.6 Å². The number of aryl methyl sites for hydroxylation is 1. The molecule has 0 saturated heterocycles. The third-order valence-electron chi connectivity index (χ3n) is 2.22. The molecular weight excluding hydrogens is 326 g/mol. The molecule has 5 nitrogen and oxygen atoms in total. The second kappa shape index (κ2) is 4.89. The van der Waals surface area contributed by atoms with Gasteiger partial charge in [0.1, 0.15) is 4.21 Å². The van der Waals surface area contributed by atoms with Crippen LogP contribution in [0.2, 0.25) is 0 Å². The zero-order valence-corrected chi connectivity index (χ0v) is 12.1. The Balaban J connectivity index is 2.15. The predicted octanol–water partition coefficient (Wildman–Crippen LogP) is 2.02. The van der Waals surface area contributed by atoms with Crippen LogP contribution < -0.4 is 4.72 Å². The Hall–Kier alpha value is -0.700. The molecule has 2 heterocycles. The average Bonchev–Trinajstić information content (AvgIpc) is 2.85. The zero-order chi connectivity index (χ0) is 12.5. The van der Waals surface area contributed by atoms with Crippen molar-refractivity contribution in [2.75, 3.05) is 0 Å². The summed E-state index contributed by atoms with van der Waals surface area (Å²) in [6.07, 6.45) is 1.61. The molecule has 0 unspecified atom stereocenters. The lowest BCUT2D eigenvalue weighted by Crippen LogP contribution is -2.22. The monoisotopic (exact) mass is 335 g/mol. The number of H-pyrrole nitrogens is 1. The average molecular weight is 336 g/mol. The second-order valence-electron chi connectivity index (χ2n) is 3.40. The van der Waals surface area contributed by atoms with Crippen molar-refractivity contribution in [1.29, 1.82) is 0 Å². The molecule has 0 amide bonds. The Labute approximate surface area is 111 Å². The number of aromatic nitrogens is 2. The van der Waals surface area contributed by atoms with Gasteiger partial charge in [0.15, 0.2) is 0 Å². The molecule has 17 heavy (non-hydrogen) atoms. The summed E-state index contributed by atoms with van der Waals surface area (Å²) in [6.45, 7) is 2.08. The number of halogens is 1. The van der Waals surface area contributed by atoms with Crippen LogP contribution >= 0.6 is 27.3 Å². The van der Waals surface area contributed by atoms with Gasteiger partial charge in [-0.25, -0.2) is 13.1 Å². The minimum absolute atomic E-state index is 0.231. The Bertz CT molecular complexity index is 618. The van der Waals surface area contributed by atoms with Crippen molar-refractivity contribution >= 4 is 37.3 Å². The molecule has 2 aromatic rings. The highest BCUT2D eigenvalue weighted by Gasteiger charge is 2.19. The number of hydrogen-bond donors (Lipinski definition) is 2. The van der Waals surface area contributed by atoms with Crippen LogP contribution in [0, 0.1) is 6.92 Å². The SMILES string of the molecule is Cc1[nH]ncc1CNS(=O)(=O)c1sccc1Br. The van der Waals surface area contributed by atoms with Crippen molar-refractivity contribution < 1.29 is 8.42 Å². The van der Waals surface area contributed by atoms with E-state index in [4.69, 9.17) is 0 Å². The largest absolute Gasteiger partial charge is 0.283 e. The lowest BCUT2D eigenvalue weighted by molar-refractivity contribution is 0.583. The van der Waals surface area contributed by atoms with Gasteiger partial charge >= 0.3 is 0 Å². The minimum Gasteiger partial charge on any atom is -0.283 e. The van der Waals surface area contributed by atoms with Crippen molar-refractivity contribution in [2.24, 2.45) is 0 Å². The molecule has 0 aliphatic heterocycles. The van der Waals surface area contributed by atoms with E-state index in [1.54, 1.807) is 17.6 Å². The molecule has 92 valence electrons. The summed E-state index contributed by atoms with van der Waals surface area (Å²) >= 11 is 4.39. The van der Waals surface area contributed by atoms with E-state index in [0.29, 0.717) is 8.68 Å². The van der Waals surface area contributed by atoms with Crippen LogP contribution in [0.3, 0.4) is 0 Å². The lowest BCUT2D eigenvalue weighted by Gasteiger charge is -2.04. The highest BCUT2D eigenvalue weighted by Crippen LogP contribution is 2.27. The standard InChI is InChI=1S/C9H10BrN3O2S2/c1-6-7(4-11-13-6)5-12-17(14,15)9-8(10)2-3-16-9/h2-4,12H,5H2,1H3,(H,11,13). The molecule has 0 bridgehead atoms. The highest BCUT2D eigenvalue weighted by atomic mass is 79.9. The van der Waals surface area contributed by atoms with E-state index in [1.807, 2.05) is 6.92 Å².